The molecule has 0 spiro atoms. The first-order valence-electron chi connectivity index (χ1n) is 7.61. The fourth-order valence-corrected chi connectivity index (χ4v) is 2.90. The Labute approximate surface area is 153 Å². The second-order valence-corrected chi connectivity index (χ2v) is 6.02. The van der Waals surface area contributed by atoms with E-state index in [1.54, 1.807) is 25.1 Å². The third-order valence-corrected chi connectivity index (χ3v) is 4.12. The molecule has 0 fully saturated rings. The summed E-state index contributed by atoms with van der Waals surface area (Å²) in [5.74, 6) is 5.50. The molecule has 8 heteroatoms. The number of carbonyl (C=O) groups is 1. The number of aromatic nitrogens is 1. The lowest BCUT2D eigenvalue weighted by atomic mass is 10.1. The van der Waals surface area contributed by atoms with Crippen LogP contribution in [-0.4, -0.2) is 24.0 Å². The lowest BCUT2D eigenvalue weighted by Gasteiger charge is -2.29. The summed E-state index contributed by atoms with van der Waals surface area (Å²) in [4.78, 5) is 17.6. The van der Waals surface area contributed by atoms with Gasteiger partial charge in [-0.2, -0.15) is 13.2 Å². The average molecular weight is 380 g/mol. The normalized spacial score (nSPS) is 13.6. The Hall–Kier alpha value is -2.72. The zero-order chi connectivity index (χ0) is 18.9. The summed E-state index contributed by atoms with van der Waals surface area (Å²) in [6.07, 6.45) is -3.78. The maximum atomic E-state index is 12.8. The predicted molar refractivity (Wildman–Crippen MR) is 94.0 cm³/mol. The summed E-state index contributed by atoms with van der Waals surface area (Å²) in [6.45, 7) is 2.29. The molecule has 1 aliphatic rings. The van der Waals surface area contributed by atoms with E-state index in [4.69, 9.17) is 11.6 Å². The van der Waals surface area contributed by atoms with Gasteiger partial charge in [-0.25, -0.2) is 0 Å². The van der Waals surface area contributed by atoms with E-state index in [2.05, 4.69) is 22.1 Å². The van der Waals surface area contributed by atoms with Gasteiger partial charge in [0.1, 0.15) is 0 Å². The number of benzene rings is 1. The first-order valence-corrected chi connectivity index (χ1v) is 7.99. The fraction of sp³-hybridized carbons (Fsp3) is 0.222. The van der Waals surface area contributed by atoms with Gasteiger partial charge in [0.05, 0.1) is 40.7 Å². The molecule has 1 aromatic heterocycles. The van der Waals surface area contributed by atoms with Crippen molar-refractivity contribution in [2.75, 3.05) is 23.3 Å². The van der Waals surface area contributed by atoms with Crippen molar-refractivity contribution in [3.63, 3.8) is 0 Å². The van der Waals surface area contributed by atoms with Crippen LogP contribution in [0.25, 0.3) is 11.3 Å². The highest BCUT2D eigenvalue weighted by atomic mass is 35.5. The summed E-state index contributed by atoms with van der Waals surface area (Å²) >= 11 is 6.00. The summed E-state index contributed by atoms with van der Waals surface area (Å²) in [5, 5.41) is 2.64. The van der Waals surface area contributed by atoms with Gasteiger partial charge >= 0.3 is 6.18 Å². The molecule has 3 rings (SSSR count). The molecule has 1 N–H and O–H groups in total. The number of amides is 1. The number of hydrogen-bond acceptors (Lipinski definition) is 3. The van der Waals surface area contributed by atoms with Crippen LogP contribution in [0.4, 0.5) is 24.5 Å². The van der Waals surface area contributed by atoms with E-state index >= 15 is 0 Å². The molecular weight excluding hydrogens is 367 g/mol. The monoisotopic (exact) mass is 379 g/mol. The molecule has 0 aliphatic carbocycles. The lowest BCUT2D eigenvalue weighted by molar-refractivity contribution is -0.137. The van der Waals surface area contributed by atoms with E-state index in [0.717, 1.165) is 18.0 Å². The third kappa shape index (κ3) is 3.60. The van der Waals surface area contributed by atoms with Crippen LogP contribution in [0.3, 0.4) is 0 Å². The maximum Gasteiger partial charge on any atom is 0.417 e. The minimum absolute atomic E-state index is 0.115. The van der Waals surface area contributed by atoms with Crippen molar-refractivity contribution in [2.45, 2.75) is 13.1 Å². The van der Waals surface area contributed by atoms with Crippen LogP contribution in [0.2, 0.25) is 5.02 Å². The van der Waals surface area contributed by atoms with Crippen molar-refractivity contribution < 1.29 is 18.0 Å². The number of hydrogen-bond donors (Lipinski definition) is 1. The number of rotatable bonds is 2. The van der Waals surface area contributed by atoms with Gasteiger partial charge < -0.3 is 10.2 Å². The van der Waals surface area contributed by atoms with Crippen molar-refractivity contribution in [3.05, 3.63) is 41.0 Å². The Morgan fingerprint density at radius 3 is 2.77 bits per heavy atom. The quantitative estimate of drug-likeness (QED) is 0.795. The highest BCUT2D eigenvalue weighted by Gasteiger charge is 2.32. The van der Waals surface area contributed by atoms with E-state index in [1.807, 2.05) is 4.90 Å². The Morgan fingerprint density at radius 1 is 1.35 bits per heavy atom. The second-order valence-electron chi connectivity index (χ2n) is 5.62. The summed E-state index contributed by atoms with van der Waals surface area (Å²) in [7, 11) is 0. The van der Waals surface area contributed by atoms with Gasteiger partial charge in [0.2, 0.25) is 5.91 Å². The molecule has 2 aromatic rings. The highest BCUT2D eigenvalue weighted by molar-refractivity contribution is 6.33. The van der Waals surface area contributed by atoms with Gasteiger partial charge in [-0.15, -0.1) is 5.92 Å². The molecule has 1 aliphatic heterocycles. The van der Waals surface area contributed by atoms with Crippen molar-refractivity contribution in [1.82, 2.24) is 4.98 Å². The zero-order valence-electron chi connectivity index (χ0n) is 13.6. The first-order chi connectivity index (χ1) is 12.3. The van der Waals surface area contributed by atoms with Gasteiger partial charge in [0.15, 0.2) is 0 Å². The maximum absolute atomic E-state index is 12.8. The molecule has 0 bridgehead atoms. The number of carbonyl (C=O) groups excluding carboxylic acids is 1. The second kappa shape index (κ2) is 6.89. The van der Waals surface area contributed by atoms with Crippen LogP contribution < -0.4 is 10.2 Å². The average Bonchev–Trinajstić information content (AvgIpc) is 2.58. The molecule has 134 valence electrons. The smallest absolute Gasteiger partial charge is 0.349 e. The first kappa shape index (κ1) is 18.1. The van der Waals surface area contributed by atoms with Crippen molar-refractivity contribution in [2.24, 2.45) is 0 Å². The topological polar surface area (TPSA) is 45.2 Å². The number of nitrogens with one attached hydrogen (secondary N) is 1. The van der Waals surface area contributed by atoms with Crippen LogP contribution in [0.1, 0.15) is 12.5 Å². The third-order valence-electron chi connectivity index (χ3n) is 3.83. The number of fused-ring (bicyclic) bond motifs is 1. The standard InChI is InChI=1S/C18H13ClF3N3O/c1-2-3-6-25-10-16(26)24-14-7-11(4-5-15(14)25)17-13(19)8-12(9-23-17)18(20,21)22/h4-5,7-9H,6,10H2,1H3,(H,24,26). The number of alkyl halides is 3. The van der Waals surface area contributed by atoms with Gasteiger partial charge in [0.25, 0.3) is 0 Å². The minimum Gasteiger partial charge on any atom is -0.349 e. The summed E-state index contributed by atoms with van der Waals surface area (Å²) in [5.41, 5.74) is 1.11. The number of anilines is 2. The Bertz CT molecular complexity index is 931. The molecule has 0 atom stereocenters. The van der Waals surface area contributed by atoms with Crippen molar-refractivity contribution in [1.29, 1.82) is 0 Å². The van der Waals surface area contributed by atoms with E-state index in [-0.39, 0.29) is 23.2 Å². The van der Waals surface area contributed by atoms with E-state index < -0.39 is 11.7 Å². The van der Waals surface area contributed by atoms with Crippen molar-refractivity contribution in [3.8, 4) is 23.1 Å². The molecule has 26 heavy (non-hydrogen) atoms. The SMILES string of the molecule is CC#CCN1CC(=O)Nc2cc(-c3ncc(C(F)(F)F)cc3Cl)ccc21. The van der Waals surface area contributed by atoms with Crippen LogP contribution >= 0.6 is 11.6 Å². The molecule has 1 amide bonds. The molecule has 1 aromatic carbocycles. The van der Waals surface area contributed by atoms with Crippen LogP contribution in [0, 0.1) is 11.8 Å². The van der Waals surface area contributed by atoms with Crippen molar-refractivity contribution >= 4 is 28.9 Å². The van der Waals surface area contributed by atoms with E-state index in [0.29, 0.717) is 17.8 Å². The van der Waals surface area contributed by atoms with Gasteiger partial charge in [0, 0.05) is 11.8 Å². The van der Waals surface area contributed by atoms with E-state index in [9.17, 15) is 18.0 Å². The van der Waals surface area contributed by atoms with Crippen LogP contribution in [-0.2, 0) is 11.0 Å². The van der Waals surface area contributed by atoms with Crippen LogP contribution in [0.5, 0.6) is 0 Å². The van der Waals surface area contributed by atoms with Gasteiger partial charge in [-0.1, -0.05) is 23.6 Å². The lowest BCUT2D eigenvalue weighted by Crippen LogP contribution is -2.38. The molecule has 2 heterocycles. The highest BCUT2D eigenvalue weighted by Crippen LogP contribution is 2.37. The van der Waals surface area contributed by atoms with Gasteiger partial charge in [-0.05, 0) is 25.1 Å². The molecule has 4 nitrogen and oxygen atoms in total. The summed E-state index contributed by atoms with van der Waals surface area (Å²) in [6, 6.07) is 5.94. The van der Waals surface area contributed by atoms with Crippen LogP contribution in [0.15, 0.2) is 30.5 Å². The number of nitrogens with zero attached hydrogens (tertiary/aromatic N) is 2. The molecular formula is C18H13ClF3N3O. The molecule has 0 unspecified atom stereocenters. The molecule has 0 saturated carbocycles. The zero-order valence-corrected chi connectivity index (χ0v) is 14.4. The Kier molecular flexibility index (Phi) is 4.79. The minimum atomic E-state index is -4.51. The summed E-state index contributed by atoms with van der Waals surface area (Å²) < 4.78 is 38.3. The number of pyridine rings is 1. The Morgan fingerprint density at radius 2 is 2.12 bits per heavy atom. The fourth-order valence-electron chi connectivity index (χ4n) is 2.63. The van der Waals surface area contributed by atoms with Gasteiger partial charge in [-0.3, -0.25) is 9.78 Å². The molecule has 0 saturated heterocycles. The Balaban J connectivity index is 1.99. The van der Waals surface area contributed by atoms with E-state index in [1.165, 1.54) is 0 Å². The number of halogens is 4. The molecule has 0 radical (unpaired) electrons. The predicted octanol–water partition coefficient (Wildman–Crippen LogP) is 4.20. The largest absolute Gasteiger partial charge is 0.417 e.